The second-order valence-electron chi connectivity index (χ2n) is 4.57. The lowest BCUT2D eigenvalue weighted by Crippen LogP contribution is -2.17. The Kier molecular flexibility index (Phi) is 5.61. The lowest BCUT2D eigenvalue weighted by atomic mass is 10.0. The Morgan fingerprint density at radius 1 is 1.28 bits per heavy atom. The third-order valence-corrected chi connectivity index (χ3v) is 3.09. The van der Waals surface area contributed by atoms with Crippen LogP contribution in [-0.4, -0.2) is 20.9 Å². The highest BCUT2D eigenvalue weighted by Crippen LogP contribution is 2.24. The van der Waals surface area contributed by atoms with Crippen LogP contribution < -0.4 is 11.5 Å². The molecule has 0 spiro atoms. The lowest BCUT2D eigenvalue weighted by Gasteiger charge is -2.17. The topological polar surface area (TPSA) is 99.8 Å². The van der Waals surface area contributed by atoms with E-state index in [-0.39, 0.29) is 11.7 Å². The maximum Gasteiger partial charge on any atom is 0.273 e. The summed E-state index contributed by atoms with van der Waals surface area (Å²) < 4.78 is 1.66. The molecule has 1 heterocycles. The zero-order chi connectivity index (χ0) is 13.5. The number of carbonyl (C=O) groups is 1. The van der Waals surface area contributed by atoms with Crippen LogP contribution in [0.5, 0.6) is 0 Å². The molecule has 0 aliphatic heterocycles. The van der Waals surface area contributed by atoms with Crippen LogP contribution in [0, 0.1) is 0 Å². The molecule has 0 unspecified atom stereocenters. The first kappa shape index (κ1) is 14.5. The monoisotopic (exact) mass is 253 g/mol. The van der Waals surface area contributed by atoms with Gasteiger partial charge in [0.1, 0.15) is 0 Å². The van der Waals surface area contributed by atoms with Gasteiger partial charge in [-0.05, 0) is 12.8 Å². The van der Waals surface area contributed by atoms with Crippen molar-refractivity contribution in [1.29, 1.82) is 0 Å². The number of nitrogens with two attached hydrogens (primary N) is 2. The van der Waals surface area contributed by atoms with Crippen molar-refractivity contribution < 1.29 is 4.79 Å². The van der Waals surface area contributed by atoms with E-state index in [1.807, 2.05) is 0 Å². The number of carbonyl (C=O) groups excluding carboxylic acids is 1. The summed E-state index contributed by atoms with van der Waals surface area (Å²) in [5.41, 5.74) is 11.2. The van der Waals surface area contributed by atoms with Gasteiger partial charge >= 0.3 is 0 Å². The first-order chi connectivity index (χ1) is 8.61. The fourth-order valence-corrected chi connectivity index (χ4v) is 2.01. The number of aromatic nitrogens is 3. The van der Waals surface area contributed by atoms with Crippen LogP contribution in [0.25, 0.3) is 0 Å². The van der Waals surface area contributed by atoms with Crippen LogP contribution in [0.4, 0.5) is 5.82 Å². The molecule has 6 nitrogen and oxygen atoms in total. The molecule has 1 aromatic rings. The normalized spacial score (nSPS) is 11.1. The number of rotatable bonds is 8. The standard InChI is InChI=1S/C12H23N5O/c1-3-5-7-9(8-6-4-2)17-11(13)10(12(14)18)15-16-17/h9H,3-8,13H2,1-2H3,(H2,14,18). The predicted octanol–water partition coefficient (Wildman–Crippen LogP) is 1.88. The van der Waals surface area contributed by atoms with Crippen molar-refractivity contribution >= 4 is 11.7 Å². The molecule has 102 valence electrons. The van der Waals surface area contributed by atoms with E-state index in [0.717, 1.165) is 38.5 Å². The minimum Gasteiger partial charge on any atom is -0.382 e. The first-order valence-electron chi connectivity index (χ1n) is 6.62. The molecule has 1 amide bonds. The minimum atomic E-state index is -0.622. The predicted molar refractivity (Wildman–Crippen MR) is 71.0 cm³/mol. The van der Waals surface area contributed by atoms with E-state index in [2.05, 4.69) is 24.2 Å². The number of hydrogen-bond acceptors (Lipinski definition) is 4. The molecule has 0 aliphatic rings. The number of primary amides is 1. The van der Waals surface area contributed by atoms with Crippen LogP contribution >= 0.6 is 0 Å². The van der Waals surface area contributed by atoms with Gasteiger partial charge in [-0.3, -0.25) is 4.79 Å². The molecule has 4 N–H and O–H groups in total. The summed E-state index contributed by atoms with van der Waals surface area (Å²) >= 11 is 0. The van der Waals surface area contributed by atoms with Crippen molar-refractivity contribution in [3.8, 4) is 0 Å². The fourth-order valence-electron chi connectivity index (χ4n) is 2.01. The fraction of sp³-hybridized carbons (Fsp3) is 0.750. The summed E-state index contributed by atoms with van der Waals surface area (Å²) in [6.07, 6.45) is 6.48. The smallest absolute Gasteiger partial charge is 0.273 e. The Labute approximate surface area is 108 Å². The average Bonchev–Trinajstić information content (AvgIpc) is 2.72. The quantitative estimate of drug-likeness (QED) is 0.738. The Morgan fingerprint density at radius 3 is 2.22 bits per heavy atom. The molecule has 0 atom stereocenters. The molecule has 0 bridgehead atoms. The van der Waals surface area contributed by atoms with Gasteiger partial charge in [-0.1, -0.05) is 44.7 Å². The van der Waals surface area contributed by atoms with Gasteiger partial charge < -0.3 is 11.5 Å². The number of unbranched alkanes of at least 4 members (excludes halogenated alkanes) is 2. The van der Waals surface area contributed by atoms with E-state index >= 15 is 0 Å². The molecule has 0 radical (unpaired) electrons. The molecular weight excluding hydrogens is 230 g/mol. The van der Waals surface area contributed by atoms with Crippen molar-refractivity contribution in [2.75, 3.05) is 5.73 Å². The van der Waals surface area contributed by atoms with Crippen LogP contribution in [0.3, 0.4) is 0 Å². The molecule has 1 aromatic heterocycles. The second kappa shape index (κ2) is 6.98. The molecule has 0 saturated heterocycles. The van der Waals surface area contributed by atoms with E-state index in [1.54, 1.807) is 4.68 Å². The Balaban J connectivity index is 2.86. The summed E-state index contributed by atoms with van der Waals surface area (Å²) in [6.45, 7) is 4.30. The molecule has 0 saturated carbocycles. The Hall–Kier alpha value is -1.59. The van der Waals surface area contributed by atoms with Crippen LogP contribution in [0.1, 0.15) is 68.9 Å². The molecule has 0 fully saturated rings. The van der Waals surface area contributed by atoms with Crippen molar-refractivity contribution in [2.45, 2.75) is 58.4 Å². The van der Waals surface area contributed by atoms with Crippen molar-refractivity contribution in [3.63, 3.8) is 0 Å². The van der Waals surface area contributed by atoms with Crippen LogP contribution in [0.15, 0.2) is 0 Å². The number of amides is 1. The van der Waals surface area contributed by atoms with Crippen molar-refractivity contribution in [3.05, 3.63) is 5.69 Å². The third-order valence-electron chi connectivity index (χ3n) is 3.09. The van der Waals surface area contributed by atoms with Gasteiger partial charge in [0, 0.05) is 0 Å². The van der Waals surface area contributed by atoms with Gasteiger partial charge in [0.15, 0.2) is 11.5 Å². The van der Waals surface area contributed by atoms with Gasteiger partial charge in [0.2, 0.25) is 0 Å². The summed E-state index contributed by atoms with van der Waals surface area (Å²) in [7, 11) is 0. The number of hydrogen-bond donors (Lipinski definition) is 2. The van der Waals surface area contributed by atoms with E-state index in [0.29, 0.717) is 5.82 Å². The van der Waals surface area contributed by atoms with E-state index in [1.165, 1.54) is 0 Å². The van der Waals surface area contributed by atoms with Crippen molar-refractivity contribution in [1.82, 2.24) is 15.0 Å². The first-order valence-corrected chi connectivity index (χ1v) is 6.62. The molecule has 0 aromatic carbocycles. The lowest BCUT2D eigenvalue weighted by molar-refractivity contribution is 0.0996. The zero-order valence-electron chi connectivity index (χ0n) is 11.2. The Morgan fingerprint density at radius 2 is 1.83 bits per heavy atom. The van der Waals surface area contributed by atoms with Crippen molar-refractivity contribution in [2.24, 2.45) is 5.73 Å². The minimum absolute atomic E-state index is 0.0768. The third kappa shape index (κ3) is 3.45. The summed E-state index contributed by atoms with van der Waals surface area (Å²) in [6, 6.07) is 0.213. The SMILES string of the molecule is CCCCC(CCCC)n1nnc(C(N)=O)c1N. The maximum absolute atomic E-state index is 11.1. The molecule has 1 rings (SSSR count). The van der Waals surface area contributed by atoms with Gasteiger partial charge in [0.25, 0.3) is 5.91 Å². The van der Waals surface area contributed by atoms with Gasteiger partial charge in [-0.2, -0.15) is 0 Å². The maximum atomic E-state index is 11.1. The number of anilines is 1. The van der Waals surface area contributed by atoms with Gasteiger partial charge in [0.05, 0.1) is 6.04 Å². The van der Waals surface area contributed by atoms with E-state index in [4.69, 9.17) is 11.5 Å². The van der Waals surface area contributed by atoms with Crippen LogP contribution in [0.2, 0.25) is 0 Å². The highest BCUT2D eigenvalue weighted by Gasteiger charge is 2.20. The molecular formula is C12H23N5O. The highest BCUT2D eigenvalue weighted by atomic mass is 16.1. The summed E-state index contributed by atoms with van der Waals surface area (Å²) in [5.74, 6) is -0.330. The second-order valence-corrected chi connectivity index (χ2v) is 4.57. The van der Waals surface area contributed by atoms with Gasteiger partial charge in [-0.25, -0.2) is 4.68 Å². The summed E-state index contributed by atoms with van der Waals surface area (Å²) in [4.78, 5) is 11.1. The number of nitrogen functional groups attached to an aromatic ring is 1. The van der Waals surface area contributed by atoms with E-state index in [9.17, 15) is 4.79 Å². The van der Waals surface area contributed by atoms with Crippen LogP contribution in [-0.2, 0) is 0 Å². The highest BCUT2D eigenvalue weighted by molar-refractivity contribution is 5.94. The summed E-state index contributed by atoms with van der Waals surface area (Å²) in [5, 5.41) is 7.75. The van der Waals surface area contributed by atoms with E-state index < -0.39 is 5.91 Å². The average molecular weight is 253 g/mol. The number of nitrogens with zero attached hydrogens (tertiary/aromatic N) is 3. The molecule has 0 aliphatic carbocycles. The van der Waals surface area contributed by atoms with Gasteiger partial charge in [-0.15, -0.1) is 5.10 Å². The largest absolute Gasteiger partial charge is 0.382 e. The molecule has 18 heavy (non-hydrogen) atoms. The molecule has 6 heteroatoms. The Bertz CT molecular complexity index is 380. The zero-order valence-corrected chi connectivity index (χ0v) is 11.2.